The van der Waals surface area contributed by atoms with Gasteiger partial charge >= 0.3 is 0 Å². The zero-order valence-electron chi connectivity index (χ0n) is 25.2. The van der Waals surface area contributed by atoms with Gasteiger partial charge in [0, 0.05) is 19.5 Å². The summed E-state index contributed by atoms with van der Waals surface area (Å²) in [5.41, 5.74) is 3.85. The molecule has 4 aromatic carbocycles. The van der Waals surface area contributed by atoms with Gasteiger partial charge in [-0.2, -0.15) is 0 Å². The Balaban J connectivity index is 1.79. The highest BCUT2D eigenvalue weighted by molar-refractivity contribution is 7.92. The van der Waals surface area contributed by atoms with Crippen LogP contribution in [0.5, 0.6) is 0 Å². The highest BCUT2D eigenvalue weighted by atomic mass is 32.2. The number of hydrogen-bond donors (Lipinski definition) is 1. The minimum absolute atomic E-state index is 0.0931. The molecule has 0 aliphatic rings. The van der Waals surface area contributed by atoms with Crippen molar-refractivity contribution in [2.24, 2.45) is 0 Å². The molecule has 1 N–H and O–H groups in total. The summed E-state index contributed by atoms with van der Waals surface area (Å²) in [6, 6.07) is 27.4. The van der Waals surface area contributed by atoms with E-state index in [0.717, 1.165) is 38.7 Å². The van der Waals surface area contributed by atoms with Gasteiger partial charge in [-0.3, -0.25) is 13.9 Å². The first-order valence-electron chi connectivity index (χ1n) is 14.6. The van der Waals surface area contributed by atoms with E-state index in [0.29, 0.717) is 13.0 Å². The van der Waals surface area contributed by atoms with Gasteiger partial charge in [0.1, 0.15) is 18.4 Å². The lowest BCUT2D eigenvalue weighted by molar-refractivity contribution is -0.140. The zero-order valence-corrected chi connectivity index (χ0v) is 26.1. The average Bonchev–Trinajstić information content (AvgIpc) is 3.01. The van der Waals surface area contributed by atoms with Gasteiger partial charge in [0.15, 0.2) is 0 Å². The molecule has 0 aliphatic carbocycles. The minimum atomic E-state index is -4.29. The first-order chi connectivity index (χ1) is 21.1. The van der Waals surface area contributed by atoms with Gasteiger partial charge in [0.2, 0.25) is 11.8 Å². The number of nitrogens with one attached hydrogen (secondary N) is 1. The Morgan fingerprint density at radius 2 is 1.48 bits per heavy atom. The second kappa shape index (κ2) is 14.8. The standard InChI is InChI=1S/C35H38FN3O4S/c1-4-21-37-35(41)33(23-28-10-6-5-7-11-28)38(24-29-12-8-9-27(3)22-29)34(40)25-39(31-17-13-26(2)14-18-31)44(42,43)32-19-15-30(36)16-20-32/h5-20,22,33H,4,21,23-25H2,1-3H3,(H,37,41)/t33-/m1/s1. The van der Waals surface area contributed by atoms with Gasteiger partial charge in [0.05, 0.1) is 10.6 Å². The van der Waals surface area contributed by atoms with Crippen LogP contribution >= 0.6 is 0 Å². The Kier molecular flexibility index (Phi) is 10.9. The molecule has 7 nitrogen and oxygen atoms in total. The predicted octanol–water partition coefficient (Wildman–Crippen LogP) is 5.80. The number of benzene rings is 4. The van der Waals surface area contributed by atoms with Crippen molar-refractivity contribution in [3.05, 3.63) is 131 Å². The van der Waals surface area contributed by atoms with Crippen molar-refractivity contribution in [1.29, 1.82) is 0 Å². The second-order valence-corrected chi connectivity index (χ2v) is 12.7. The van der Waals surface area contributed by atoms with Gasteiger partial charge in [0.25, 0.3) is 10.0 Å². The highest BCUT2D eigenvalue weighted by Crippen LogP contribution is 2.26. The number of sulfonamides is 1. The van der Waals surface area contributed by atoms with E-state index in [2.05, 4.69) is 5.32 Å². The van der Waals surface area contributed by atoms with E-state index in [1.807, 2.05) is 75.4 Å². The first kappa shape index (κ1) is 32.4. The van der Waals surface area contributed by atoms with Crippen molar-refractivity contribution in [3.63, 3.8) is 0 Å². The molecule has 0 fully saturated rings. The lowest BCUT2D eigenvalue weighted by atomic mass is 10.0. The van der Waals surface area contributed by atoms with Crippen LogP contribution in [0.15, 0.2) is 108 Å². The molecular weight excluding hydrogens is 577 g/mol. The van der Waals surface area contributed by atoms with Crippen LogP contribution in [0.4, 0.5) is 10.1 Å². The second-order valence-electron chi connectivity index (χ2n) is 10.8. The number of carbonyl (C=O) groups excluding carboxylic acids is 2. The molecule has 0 aromatic heterocycles. The average molecular weight is 616 g/mol. The molecule has 0 saturated carbocycles. The summed E-state index contributed by atoms with van der Waals surface area (Å²) in [6.07, 6.45) is 0.954. The third-order valence-electron chi connectivity index (χ3n) is 7.26. The lowest BCUT2D eigenvalue weighted by Crippen LogP contribution is -2.53. The smallest absolute Gasteiger partial charge is 0.264 e. The zero-order chi connectivity index (χ0) is 31.7. The van der Waals surface area contributed by atoms with Crippen LogP contribution in [0, 0.1) is 19.7 Å². The van der Waals surface area contributed by atoms with E-state index in [1.165, 1.54) is 17.0 Å². The topological polar surface area (TPSA) is 86.8 Å². The van der Waals surface area contributed by atoms with Crippen molar-refractivity contribution < 1.29 is 22.4 Å². The van der Waals surface area contributed by atoms with E-state index in [1.54, 1.807) is 24.3 Å². The fraction of sp³-hybridized carbons (Fsp3) is 0.257. The molecule has 0 bridgehead atoms. The van der Waals surface area contributed by atoms with Crippen LogP contribution in [-0.2, 0) is 32.6 Å². The molecule has 0 aliphatic heterocycles. The van der Waals surface area contributed by atoms with Gasteiger partial charge in [-0.1, -0.05) is 84.8 Å². The Morgan fingerprint density at radius 3 is 2.11 bits per heavy atom. The summed E-state index contributed by atoms with van der Waals surface area (Å²) in [5, 5.41) is 2.94. The maximum absolute atomic E-state index is 14.4. The Bertz CT molecular complexity index is 1660. The summed E-state index contributed by atoms with van der Waals surface area (Å²) in [7, 11) is -4.29. The third-order valence-corrected chi connectivity index (χ3v) is 9.05. The molecule has 230 valence electrons. The number of aryl methyl sites for hydroxylation is 2. The lowest BCUT2D eigenvalue weighted by Gasteiger charge is -2.34. The fourth-order valence-corrected chi connectivity index (χ4v) is 6.31. The van der Waals surface area contributed by atoms with Crippen molar-refractivity contribution in [2.45, 2.75) is 51.1 Å². The van der Waals surface area contributed by atoms with Gasteiger partial charge in [-0.25, -0.2) is 12.8 Å². The van der Waals surface area contributed by atoms with Crippen LogP contribution < -0.4 is 9.62 Å². The molecule has 0 unspecified atom stereocenters. The monoisotopic (exact) mass is 615 g/mol. The molecule has 0 saturated heterocycles. The molecule has 1 atom stereocenters. The fourth-order valence-electron chi connectivity index (χ4n) is 4.90. The summed E-state index contributed by atoms with van der Waals surface area (Å²) >= 11 is 0. The number of halogens is 1. The molecular formula is C35H38FN3O4S. The Labute approximate surface area is 259 Å². The molecule has 0 heterocycles. The number of amides is 2. The van der Waals surface area contributed by atoms with Crippen molar-refractivity contribution in [1.82, 2.24) is 10.2 Å². The summed E-state index contributed by atoms with van der Waals surface area (Å²) in [6.45, 7) is 5.73. The van der Waals surface area contributed by atoms with Crippen LogP contribution in [0.3, 0.4) is 0 Å². The maximum Gasteiger partial charge on any atom is 0.264 e. The van der Waals surface area contributed by atoms with Crippen LogP contribution in [0.25, 0.3) is 0 Å². The normalized spacial score (nSPS) is 11.9. The van der Waals surface area contributed by atoms with Crippen molar-refractivity contribution >= 4 is 27.5 Å². The Hall–Kier alpha value is -4.50. The van der Waals surface area contributed by atoms with Crippen LogP contribution in [0.1, 0.15) is 35.6 Å². The summed E-state index contributed by atoms with van der Waals surface area (Å²) < 4.78 is 42.7. The van der Waals surface area contributed by atoms with E-state index >= 15 is 0 Å². The SMILES string of the molecule is CCCNC(=O)[C@@H](Cc1ccccc1)N(Cc1cccc(C)c1)C(=O)CN(c1ccc(C)cc1)S(=O)(=O)c1ccc(F)cc1. The van der Waals surface area contributed by atoms with E-state index in [-0.39, 0.29) is 29.5 Å². The molecule has 44 heavy (non-hydrogen) atoms. The van der Waals surface area contributed by atoms with E-state index < -0.39 is 34.3 Å². The van der Waals surface area contributed by atoms with Crippen molar-refractivity contribution in [3.8, 4) is 0 Å². The number of anilines is 1. The quantitative estimate of drug-likeness (QED) is 0.206. The van der Waals surface area contributed by atoms with Gasteiger partial charge in [-0.05, 0) is 67.8 Å². The first-order valence-corrected chi connectivity index (χ1v) is 16.0. The number of carbonyl (C=O) groups is 2. The molecule has 0 spiro atoms. The number of nitrogens with zero attached hydrogens (tertiary/aromatic N) is 2. The minimum Gasteiger partial charge on any atom is -0.354 e. The highest BCUT2D eigenvalue weighted by Gasteiger charge is 2.34. The number of rotatable bonds is 13. The molecule has 9 heteroatoms. The summed E-state index contributed by atoms with van der Waals surface area (Å²) in [4.78, 5) is 29.4. The third kappa shape index (κ3) is 8.32. The maximum atomic E-state index is 14.4. The molecule has 2 amide bonds. The van der Waals surface area contributed by atoms with Gasteiger partial charge in [-0.15, -0.1) is 0 Å². The number of hydrogen-bond acceptors (Lipinski definition) is 4. The molecule has 0 radical (unpaired) electrons. The summed E-state index contributed by atoms with van der Waals surface area (Å²) in [5.74, 6) is -1.45. The van der Waals surface area contributed by atoms with Gasteiger partial charge < -0.3 is 10.2 Å². The molecule has 4 rings (SSSR count). The molecule has 4 aromatic rings. The van der Waals surface area contributed by atoms with E-state index in [9.17, 15) is 22.4 Å². The Morgan fingerprint density at radius 1 is 0.818 bits per heavy atom. The largest absolute Gasteiger partial charge is 0.354 e. The van der Waals surface area contributed by atoms with Crippen molar-refractivity contribution in [2.75, 3.05) is 17.4 Å². The van der Waals surface area contributed by atoms with E-state index in [4.69, 9.17) is 0 Å². The predicted molar refractivity (Wildman–Crippen MR) is 171 cm³/mol. The van der Waals surface area contributed by atoms with Crippen LogP contribution in [-0.4, -0.2) is 44.3 Å². The van der Waals surface area contributed by atoms with Crippen LogP contribution in [0.2, 0.25) is 0 Å².